The molecule has 0 unspecified atom stereocenters. The normalized spacial score (nSPS) is 10.3. The number of halogens is 2. The molecule has 0 saturated heterocycles. The van der Waals surface area contributed by atoms with Crippen molar-refractivity contribution in [1.29, 1.82) is 0 Å². The lowest BCUT2D eigenvalue weighted by Gasteiger charge is -2.06. The van der Waals surface area contributed by atoms with Crippen LogP contribution in [0.4, 0.5) is 0 Å². The fourth-order valence-corrected chi connectivity index (χ4v) is 1.73. The molecule has 2 rings (SSSR count). The summed E-state index contributed by atoms with van der Waals surface area (Å²) in [5, 5.41) is 3.25. The van der Waals surface area contributed by atoms with Gasteiger partial charge in [-0.3, -0.25) is 4.79 Å². The van der Waals surface area contributed by atoms with Crippen molar-refractivity contribution in [3.8, 4) is 0 Å². The lowest BCUT2D eigenvalue weighted by atomic mass is 10.2. The molecule has 1 N–H and O–H groups in total. The van der Waals surface area contributed by atoms with Gasteiger partial charge in [-0.15, -0.1) is 0 Å². The van der Waals surface area contributed by atoms with Gasteiger partial charge >= 0.3 is 0 Å². The Morgan fingerprint density at radius 2 is 2.06 bits per heavy atom. The highest BCUT2D eigenvalue weighted by atomic mass is 35.5. The Morgan fingerprint density at radius 3 is 2.72 bits per heavy atom. The van der Waals surface area contributed by atoms with Crippen LogP contribution in [0, 0.1) is 0 Å². The van der Waals surface area contributed by atoms with Gasteiger partial charge in [-0.25, -0.2) is 4.98 Å². The minimum Gasteiger partial charge on any atom is -0.353 e. The number of rotatable bonds is 4. The second-order valence-electron chi connectivity index (χ2n) is 3.67. The van der Waals surface area contributed by atoms with E-state index in [0.717, 1.165) is 0 Å². The van der Waals surface area contributed by atoms with Crippen molar-refractivity contribution < 1.29 is 4.79 Å². The number of carbonyl (C=O) groups is 1. The van der Waals surface area contributed by atoms with E-state index in [1.807, 2.05) is 29.1 Å². The van der Waals surface area contributed by atoms with Gasteiger partial charge < -0.3 is 9.88 Å². The molecular formula is C12H11Cl2N3O. The van der Waals surface area contributed by atoms with Crippen LogP contribution in [0.25, 0.3) is 0 Å². The van der Waals surface area contributed by atoms with E-state index < -0.39 is 0 Å². The Bertz CT molecular complexity index is 540. The largest absolute Gasteiger partial charge is 0.353 e. The number of aromatic nitrogens is 2. The van der Waals surface area contributed by atoms with Crippen molar-refractivity contribution in [3.63, 3.8) is 0 Å². The molecule has 0 aliphatic rings. The number of nitrogens with one attached hydrogen (secondary N) is 1. The lowest BCUT2D eigenvalue weighted by Crippen LogP contribution is -2.27. The Balaban J connectivity index is 1.89. The molecule has 0 aliphatic heterocycles. The smallest absolute Gasteiger partial charge is 0.252 e. The molecule has 0 spiro atoms. The van der Waals surface area contributed by atoms with Crippen LogP contribution in [0.2, 0.25) is 10.2 Å². The maximum absolute atomic E-state index is 11.8. The van der Waals surface area contributed by atoms with Crippen LogP contribution >= 0.6 is 23.2 Å². The molecule has 2 aromatic rings. The first-order valence-electron chi connectivity index (χ1n) is 5.37. The summed E-state index contributed by atoms with van der Waals surface area (Å²) in [6, 6.07) is 5.37. The summed E-state index contributed by atoms with van der Waals surface area (Å²) >= 11 is 11.5. The predicted octanol–water partition coefficient (Wildman–Crippen LogP) is 2.62. The van der Waals surface area contributed by atoms with Gasteiger partial charge in [0, 0.05) is 31.7 Å². The Labute approximate surface area is 115 Å². The fraction of sp³-hybridized carbons (Fsp3) is 0.167. The number of hydrogen-bond donors (Lipinski definition) is 1. The van der Waals surface area contributed by atoms with E-state index in [0.29, 0.717) is 18.7 Å². The van der Waals surface area contributed by atoms with Crippen LogP contribution in [-0.4, -0.2) is 22.0 Å². The van der Waals surface area contributed by atoms with Crippen LogP contribution < -0.4 is 5.32 Å². The molecule has 0 aliphatic carbocycles. The first-order chi connectivity index (χ1) is 8.66. The average Bonchev–Trinajstić information content (AvgIpc) is 2.85. The third-order valence-electron chi connectivity index (χ3n) is 2.38. The van der Waals surface area contributed by atoms with Crippen LogP contribution in [0.1, 0.15) is 10.4 Å². The molecule has 18 heavy (non-hydrogen) atoms. The van der Waals surface area contributed by atoms with E-state index in [9.17, 15) is 4.79 Å². The molecule has 0 aromatic carbocycles. The van der Waals surface area contributed by atoms with Gasteiger partial charge in [0.05, 0.1) is 10.6 Å². The van der Waals surface area contributed by atoms with Crippen molar-refractivity contribution >= 4 is 29.1 Å². The van der Waals surface area contributed by atoms with E-state index in [-0.39, 0.29) is 16.1 Å². The van der Waals surface area contributed by atoms with E-state index in [1.165, 1.54) is 12.3 Å². The van der Waals surface area contributed by atoms with Crippen molar-refractivity contribution in [3.05, 3.63) is 52.5 Å². The molecule has 2 aromatic heterocycles. The highest BCUT2D eigenvalue weighted by Gasteiger charge is 2.08. The Morgan fingerprint density at radius 1 is 1.33 bits per heavy atom. The van der Waals surface area contributed by atoms with E-state index >= 15 is 0 Å². The second-order valence-corrected chi connectivity index (χ2v) is 4.44. The Hall–Kier alpha value is -1.52. The average molecular weight is 284 g/mol. The minimum absolute atomic E-state index is 0.195. The molecule has 0 bridgehead atoms. The summed E-state index contributed by atoms with van der Waals surface area (Å²) < 4.78 is 1.98. The zero-order valence-electron chi connectivity index (χ0n) is 9.44. The fourth-order valence-electron chi connectivity index (χ4n) is 1.47. The van der Waals surface area contributed by atoms with E-state index in [1.54, 1.807) is 0 Å². The summed E-state index contributed by atoms with van der Waals surface area (Å²) in [6.45, 7) is 1.25. The zero-order chi connectivity index (χ0) is 13.0. The molecule has 4 nitrogen and oxygen atoms in total. The summed E-state index contributed by atoms with van der Waals surface area (Å²) in [5.74, 6) is -0.215. The first-order valence-corrected chi connectivity index (χ1v) is 6.12. The highest BCUT2D eigenvalue weighted by molar-refractivity contribution is 6.41. The maximum atomic E-state index is 11.8. The van der Waals surface area contributed by atoms with Crippen LogP contribution in [-0.2, 0) is 6.54 Å². The molecule has 0 atom stereocenters. The summed E-state index contributed by atoms with van der Waals surface area (Å²) in [4.78, 5) is 15.6. The van der Waals surface area contributed by atoms with Gasteiger partial charge in [-0.2, -0.15) is 0 Å². The zero-order valence-corrected chi connectivity index (χ0v) is 10.9. The molecule has 94 valence electrons. The quantitative estimate of drug-likeness (QED) is 0.877. The molecule has 0 fully saturated rings. The van der Waals surface area contributed by atoms with Gasteiger partial charge in [0.2, 0.25) is 0 Å². The molecule has 0 saturated carbocycles. The summed E-state index contributed by atoms with van der Waals surface area (Å²) in [5.41, 5.74) is 0.400. The highest BCUT2D eigenvalue weighted by Crippen LogP contribution is 2.19. The SMILES string of the molecule is O=C(NCCn1cccc1)c1cnc(Cl)c(Cl)c1. The van der Waals surface area contributed by atoms with Crippen molar-refractivity contribution in [2.45, 2.75) is 6.54 Å². The maximum Gasteiger partial charge on any atom is 0.252 e. The van der Waals surface area contributed by atoms with Gasteiger partial charge in [-0.05, 0) is 18.2 Å². The monoisotopic (exact) mass is 283 g/mol. The summed E-state index contributed by atoms with van der Waals surface area (Å²) in [7, 11) is 0. The summed E-state index contributed by atoms with van der Waals surface area (Å²) in [6.07, 6.45) is 5.28. The van der Waals surface area contributed by atoms with Gasteiger partial charge in [-0.1, -0.05) is 23.2 Å². The van der Waals surface area contributed by atoms with Crippen molar-refractivity contribution in [2.75, 3.05) is 6.54 Å². The molecule has 2 heterocycles. The predicted molar refractivity (Wildman–Crippen MR) is 71.0 cm³/mol. The third-order valence-corrected chi connectivity index (χ3v) is 3.07. The first kappa shape index (κ1) is 12.9. The number of carbonyl (C=O) groups excluding carboxylic acids is 1. The van der Waals surface area contributed by atoms with Crippen molar-refractivity contribution in [2.24, 2.45) is 0 Å². The van der Waals surface area contributed by atoms with Gasteiger partial charge in [0.25, 0.3) is 5.91 Å². The topological polar surface area (TPSA) is 46.9 Å². The second kappa shape index (κ2) is 5.89. The van der Waals surface area contributed by atoms with Gasteiger partial charge in [0.15, 0.2) is 0 Å². The number of hydrogen-bond acceptors (Lipinski definition) is 2. The molecule has 6 heteroatoms. The molecular weight excluding hydrogens is 273 g/mol. The number of nitrogens with zero attached hydrogens (tertiary/aromatic N) is 2. The standard InChI is InChI=1S/C12H11Cl2N3O/c13-10-7-9(8-16-11(10)14)12(18)15-3-6-17-4-1-2-5-17/h1-2,4-5,7-8H,3,6H2,(H,15,18). The number of amides is 1. The van der Waals surface area contributed by atoms with Gasteiger partial charge in [0.1, 0.15) is 5.15 Å². The van der Waals surface area contributed by atoms with Crippen LogP contribution in [0.15, 0.2) is 36.8 Å². The Kier molecular flexibility index (Phi) is 4.23. The van der Waals surface area contributed by atoms with Crippen LogP contribution in [0.5, 0.6) is 0 Å². The lowest BCUT2D eigenvalue weighted by molar-refractivity contribution is 0.0952. The molecule has 1 amide bonds. The van der Waals surface area contributed by atoms with Crippen LogP contribution in [0.3, 0.4) is 0 Å². The van der Waals surface area contributed by atoms with Crippen molar-refractivity contribution in [1.82, 2.24) is 14.9 Å². The molecule has 0 radical (unpaired) electrons. The van der Waals surface area contributed by atoms with E-state index in [2.05, 4.69) is 10.3 Å². The number of pyridine rings is 1. The third kappa shape index (κ3) is 3.24. The minimum atomic E-state index is -0.215. The van der Waals surface area contributed by atoms with E-state index in [4.69, 9.17) is 23.2 Å².